The van der Waals surface area contributed by atoms with Crippen LogP contribution in [0.3, 0.4) is 0 Å². The molecule has 0 aliphatic carbocycles. The molecule has 1 aromatic heterocycles. The van der Waals surface area contributed by atoms with Gasteiger partial charge in [-0.25, -0.2) is 0 Å². The number of benzene rings is 1. The lowest BCUT2D eigenvalue weighted by Gasteiger charge is -2.14. The van der Waals surface area contributed by atoms with Crippen LogP contribution in [0.4, 0.5) is 5.69 Å². The van der Waals surface area contributed by atoms with Crippen molar-refractivity contribution in [1.29, 1.82) is 0 Å². The Morgan fingerprint density at radius 2 is 2.09 bits per heavy atom. The fourth-order valence-corrected chi connectivity index (χ4v) is 4.71. The first-order valence-corrected chi connectivity index (χ1v) is 10.0. The Balaban J connectivity index is 2.08. The van der Waals surface area contributed by atoms with E-state index in [4.69, 9.17) is 4.74 Å². The summed E-state index contributed by atoms with van der Waals surface area (Å²) in [6, 6.07) is 1.78. The van der Waals surface area contributed by atoms with Gasteiger partial charge in [0.15, 0.2) is 10.1 Å². The van der Waals surface area contributed by atoms with Crippen molar-refractivity contribution in [2.75, 3.05) is 18.2 Å². The summed E-state index contributed by atoms with van der Waals surface area (Å²) in [5.41, 5.74) is 0.587. The Hall–Kier alpha value is -0.160. The number of aryl methyl sites for hydroxylation is 1. The Labute approximate surface area is 161 Å². The molecule has 1 N–H and O–H groups in total. The standard InChI is InChI=1S/C12H10Br3N3O2S2/c1-5-17-18-12(22-5)21-4-8(19)16-7-3-6(13)9(14)10(15)11(7)20-2/h3H,4H2,1-2H3,(H,16,19). The normalized spacial score (nSPS) is 10.6. The van der Waals surface area contributed by atoms with Crippen molar-refractivity contribution >= 4 is 82.5 Å². The second kappa shape index (κ2) is 8.09. The van der Waals surface area contributed by atoms with Gasteiger partial charge in [-0.3, -0.25) is 4.79 Å². The van der Waals surface area contributed by atoms with Crippen LogP contribution in [0.25, 0.3) is 0 Å². The number of rotatable bonds is 5. The predicted octanol–water partition coefficient (Wildman–Crippen LogP) is 4.87. The molecular formula is C12H10Br3N3O2S2. The molecule has 0 radical (unpaired) electrons. The summed E-state index contributed by atoms with van der Waals surface area (Å²) in [7, 11) is 1.55. The molecule has 2 aromatic rings. The number of nitrogens with one attached hydrogen (secondary N) is 1. The van der Waals surface area contributed by atoms with Crippen LogP contribution in [0.1, 0.15) is 5.01 Å². The molecule has 1 amide bonds. The highest BCUT2D eigenvalue weighted by Crippen LogP contribution is 2.43. The van der Waals surface area contributed by atoms with Crippen molar-refractivity contribution in [2.24, 2.45) is 0 Å². The molecule has 0 bridgehead atoms. The number of carbonyl (C=O) groups is 1. The molecule has 0 unspecified atom stereocenters. The smallest absolute Gasteiger partial charge is 0.234 e. The first kappa shape index (κ1) is 18.2. The molecule has 5 nitrogen and oxygen atoms in total. The van der Waals surface area contributed by atoms with E-state index < -0.39 is 0 Å². The summed E-state index contributed by atoms with van der Waals surface area (Å²) in [6.45, 7) is 1.88. The highest BCUT2D eigenvalue weighted by atomic mass is 79.9. The molecule has 0 saturated heterocycles. The molecule has 22 heavy (non-hydrogen) atoms. The molecule has 0 aliphatic heterocycles. The average Bonchev–Trinajstić information content (AvgIpc) is 2.89. The van der Waals surface area contributed by atoms with Crippen molar-refractivity contribution in [1.82, 2.24) is 10.2 Å². The van der Waals surface area contributed by atoms with Gasteiger partial charge in [0.25, 0.3) is 0 Å². The molecule has 10 heteroatoms. The number of anilines is 1. The van der Waals surface area contributed by atoms with Crippen LogP contribution >= 0.6 is 70.9 Å². The quantitative estimate of drug-likeness (QED) is 0.440. The van der Waals surface area contributed by atoms with E-state index in [1.54, 1.807) is 13.2 Å². The largest absolute Gasteiger partial charge is 0.493 e. The molecule has 0 spiro atoms. The predicted molar refractivity (Wildman–Crippen MR) is 100 cm³/mol. The highest BCUT2D eigenvalue weighted by molar-refractivity contribution is 9.14. The maximum atomic E-state index is 12.1. The SMILES string of the molecule is COc1c(NC(=O)CSc2nnc(C)s2)cc(Br)c(Br)c1Br. The number of aromatic nitrogens is 2. The fraction of sp³-hybridized carbons (Fsp3) is 0.250. The number of carbonyl (C=O) groups excluding carboxylic acids is 1. The third-order valence-electron chi connectivity index (χ3n) is 2.43. The number of hydrogen-bond donors (Lipinski definition) is 1. The second-order valence-corrected chi connectivity index (χ2v) is 8.84. The van der Waals surface area contributed by atoms with Gasteiger partial charge in [0, 0.05) is 8.95 Å². The highest BCUT2D eigenvalue weighted by Gasteiger charge is 2.16. The monoisotopic (exact) mass is 529 g/mol. The minimum absolute atomic E-state index is 0.141. The number of nitrogens with zero attached hydrogens (tertiary/aromatic N) is 2. The number of halogens is 3. The van der Waals surface area contributed by atoms with E-state index in [1.165, 1.54) is 23.1 Å². The molecule has 0 atom stereocenters. The van der Waals surface area contributed by atoms with Crippen LogP contribution in [-0.4, -0.2) is 29.0 Å². The number of amides is 1. The van der Waals surface area contributed by atoms with E-state index in [2.05, 4.69) is 63.3 Å². The molecule has 118 valence electrons. The lowest BCUT2D eigenvalue weighted by atomic mass is 10.3. The van der Waals surface area contributed by atoms with E-state index >= 15 is 0 Å². The van der Waals surface area contributed by atoms with E-state index in [0.29, 0.717) is 11.4 Å². The average molecular weight is 532 g/mol. The van der Waals surface area contributed by atoms with Crippen LogP contribution in [0.5, 0.6) is 5.75 Å². The third kappa shape index (κ3) is 4.44. The first-order valence-electron chi connectivity index (χ1n) is 5.86. The zero-order valence-corrected chi connectivity index (χ0v) is 17.8. The molecule has 2 rings (SSSR count). The number of ether oxygens (including phenoxy) is 1. The van der Waals surface area contributed by atoms with Crippen LogP contribution in [-0.2, 0) is 4.79 Å². The topological polar surface area (TPSA) is 64.1 Å². The molecule has 1 heterocycles. The fourth-order valence-electron chi connectivity index (χ4n) is 1.52. The van der Waals surface area contributed by atoms with E-state index in [1.807, 2.05) is 6.92 Å². The molecular weight excluding hydrogens is 522 g/mol. The van der Waals surface area contributed by atoms with Crippen molar-refractivity contribution in [2.45, 2.75) is 11.3 Å². The van der Waals surface area contributed by atoms with Gasteiger partial charge < -0.3 is 10.1 Å². The zero-order valence-electron chi connectivity index (χ0n) is 11.4. The number of thioether (sulfide) groups is 1. The van der Waals surface area contributed by atoms with Gasteiger partial charge in [-0.15, -0.1) is 10.2 Å². The van der Waals surface area contributed by atoms with Crippen molar-refractivity contribution in [3.63, 3.8) is 0 Å². The Bertz CT molecular complexity index is 709. The maximum Gasteiger partial charge on any atom is 0.234 e. The van der Waals surface area contributed by atoms with Gasteiger partial charge in [-0.2, -0.15) is 0 Å². The van der Waals surface area contributed by atoms with Crippen LogP contribution in [0, 0.1) is 6.92 Å². The summed E-state index contributed by atoms with van der Waals surface area (Å²) < 4.78 is 8.47. The van der Waals surface area contributed by atoms with Crippen LogP contribution in [0.2, 0.25) is 0 Å². The lowest BCUT2D eigenvalue weighted by molar-refractivity contribution is -0.113. The summed E-state index contributed by atoms with van der Waals surface area (Å²) in [6.07, 6.45) is 0. The van der Waals surface area contributed by atoms with Crippen LogP contribution < -0.4 is 10.1 Å². The minimum atomic E-state index is -0.141. The number of hydrogen-bond acceptors (Lipinski definition) is 6. The van der Waals surface area contributed by atoms with E-state index in [-0.39, 0.29) is 11.7 Å². The lowest BCUT2D eigenvalue weighted by Crippen LogP contribution is -2.15. The van der Waals surface area contributed by atoms with Crippen molar-refractivity contribution in [3.05, 3.63) is 24.5 Å². The van der Waals surface area contributed by atoms with Gasteiger partial charge in [-0.1, -0.05) is 23.1 Å². The molecule has 0 fully saturated rings. The number of methoxy groups -OCH3 is 1. The summed E-state index contributed by atoms with van der Waals surface area (Å²) in [4.78, 5) is 12.1. The van der Waals surface area contributed by atoms with Crippen LogP contribution in [0.15, 0.2) is 23.8 Å². The van der Waals surface area contributed by atoms with Gasteiger partial charge in [0.1, 0.15) is 5.01 Å². The molecule has 1 aromatic carbocycles. The Kier molecular flexibility index (Phi) is 6.69. The second-order valence-electron chi connectivity index (χ2n) is 3.99. The van der Waals surface area contributed by atoms with E-state index in [0.717, 1.165) is 22.8 Å². The van der Waals surface area contributed by atoms with Crippen molar-refractivity contribution in [3.8, 4) is 5.75 Å². The Morgan fingerprint density at radius 3 is 2.68 bits per heavy atom. The van der Waals surface area contributed by atoms with Crippen molar-refractivity contribution < 1.29 is 9.53 Å². The third-order valence-corrected chi connectivity index (χ3v) is 7.67. The minimum Gasteiger partial charge on any atom is -0.493 e. The molecule has 0 aliphatic rings. The first-order chi connectivity index (χ1) is 10.4. The van der Waals surface area contributed by atoms with Gasteiger partial charge >= 0.3 is 0 Å². The van der Waals surface area contributed by atoms with E-state index in [9.17, 15) is 4.79 Å². The zero-order chi connectivity index (χ0) is 16.3. The summed E-state index contributed by atoms with van der Waals surface area (Å²) >= 11 is 13.1. The summed E-state index contributed by atoms with van der Waals surface area (Å²) in [5, 5.41) is 11.6. The Morgan fingerprint density at radius 1 is 1.36 bits per heavy atom. The maximum absolute atomic E-state index is 12.1. The summed E-state index contributed by atoms with van der Waals surface area (Å²) in [5.74, 6) is 0.667. The molecule has 0 saturated carbocycles. The van der Waals surface area contributed by atoms with Gasteiger partial charge in [0.2, 0.25) is 5.91 Å². The van der Waals surface area contributed by atoms with Gasteiger partial charge in [0.05, 0.1) is 23.0 Å². The van der Waals surface area contributed by atoms with Gasteiger partial charge in [-0.05, 0) is 60.8 Å².